The number of nitrogens with two attached hydrogens (primary N) is 1. The SMILES string of the molecule is CN(C(=O)C(N)Cc1ccccc1)c1ccc2[nH]ncc2c1. The first kappa shape index (κ1) is 14.3. The van der Waals surface area contributed by atoms with Crippen LogP contribution in [0.5, 0.6) is 0 Å². The van der Waals surface area contributed by atoms with Gasteiger partial charge in [0.25, 0.3) is 0 Å². The number of likely N-dealkylation sites (N-methyl/N-ethyl adjacent to an activating group) is 1. The average Bonchev–Trinajstić information content (AvgIpc) is 3.02. The smallest absolute Gasteiger partial charge is 0.243 e. The molecule has 0 bridgehead atoms. The maximum atomic E-state index is 12.5. The van der Waals surface area contributed by atoms with Crippen molar-refractivity contribution in [2.75, 3.05) is 11.9 Å². The van der Waals surface area contributed by atoms with Gasteiger partial charge in [0.05, 0.1) is 17.8 Å². The Morgan fingerprint density at radius 2 is 2.05 bits per heavy atom. The van der Waals surface area contributed by atoms with Crippen LogP contribution in [0.15, 0.2) is 54.7 Å². The molecule has 5 heteroatoms. The van der Waals surface area contributed by atoms with E-state index in [1.807, 2.05) is 48.5 Å². The monoisotopic (exact) mass is 294 g/mol. The van der Waals surface area contributed by atoms with Crippen molar-refractivity contribution in [1.82, 2.24) is 10.2 Å². The molecule has 112 valence electrons. The van der Waals surface area contributed by atoms with Gasteiger partial charge < -0.3 is 10.6 Å². The quantitative estimate of drug-likeness (QED) is 0.773. The van der Waals surface area contributed by atoms with Crippen LogP contribution in [0.2, 0.25) is 0 Å². The lowest BCUT2D eigenvalue weighted by molar-refractivity contribution is -0.119. The summed E-state index contributed by atoms with van der Waals surface area (Å²) in [5, 5.41) is 7.84. The molecule has 2 aromatic carbocycles. The van der Waals surface area contributed by atoms with E-state index in [0.29, 0.717) is 6.42 Å². The summed E-state index contributed by atoms with van der Waals surface area (Å²) in [6.07, 6.45) is 2.26. The minimum Gasteiger partial charge on any atom is -0.320 e. The summed E-state index contributed by atoms with van der Waals surface area (Å²) < 4.78 is 0. The largest absolute Gasteiger partial charge is 0.320 e. The number of carbonyl (C=O) groups excluding carboxylic acids is 1. The maximum absolute atomic E-state index is 12.5. The average molecular weight is 294 g/mol. The zero-order valence-corrected chi connectivity index (χ0v) is 12.4. The Kier molecular flexibility index (Phi) is 3.89. The Morgan fingerprint density at radius 3 is 2.82 bits per heavy atom. The van der Waals surface area contributed by atoms with Crippen molar-refractivity contribution in [3.63, 3.8) is 0 Å². The Bertz CT molecular complexity index is 781. The van der Waals surface area contributed by atoms with Gasteiger partial charge in [-0.2, -0.15) is 5.10 Å². The second kappa shape index (κ2) is 5.99. The second-order valence-electron chi connectivity index (χ2n) is 5.34. The lowest BCUT2D eigenvalue weighted by atomic mass is 10.1. The van der Waals surface area contributed by atoms with Crippen molar-refractivity contribution in [2.45, 2.75) is 12.5 Å². The van der Waals surface area contributed by atoms with E-state index in [1.54, 1.807) is 18.1 Å². The summed E-state index contributed by atoms with van der Waals surface area (Å²) in [7, 11) is 1.74. The number of nitrogens with one attached hydrogen (secondary N) is 1. The van der Waals surface area contributed by atoms with E-state index in [4.69, 9.17) is 5.73 Å². The van der Waals surface area contributed by atoms with Crippen LogP contribution in [-0.2, 0) is 11.2 Å². The van der Waals surface area contributed by atoms with Crippen molar-refractivity contribution in [3.05, 3.63) is 60.3 Å². The molecule has 0 saturated carbocycles. The van der Waals surface area contributed by atoms with Gasteiger partial charge in [-0.25, -0.2) is 0 Å². The first-order valence-electron chi connectivity index (χ1n) is 7.15. The molecule has 1 amide bonds. The van der Waals surface area contributed by atoms with E-state index in [0.717, 1.165) is 22.2 Å². The first-order valence-corrected chi connectivity index (χ1v) is 7.15. The molecule has 0 spiro atoms. The number of carbonyl (C=O) groups is 1. The van der Waals surface area contributed by atoms with E-state index in [1.165, 1.54) is 0 Å². The maximum Gasteiger partial charge on any atom is 0.243 e. The van der Waals surface area contributed by atoms with E-state index in [9.17, 15) is 4.79 Å². The summed E-state index contributed by atoms with van der Waals surface area (Å²) in [4.78, 5) is 14.1. The molecule has 1 atom stereocenters. The van der Waals surface area contributed by atoms with Crippen molar-refractivity contribution in [3.8, 4) is 0 Å². The van der Waals surface area contributed by atoms with Crippen molar-refractivity contribution in [1.29, 1.82) is 0 Å². The van der Waals surface area contributed by atoms with E-state index in [2.05, 4.69) is 10.2 Å². The lowest BCUT2D eigenvalue weighted by Crippen LogP contribution is -2.43. The third-order valence-corrected chi connectivity index (χ3v) is 3.76. The lowest BCUT2D eigenvalue weighted by Gasteiger charge is -2.21. The van der Waals surface area contributed by atoms with Crippen molar-refractivity contribution in [2.24, 2.45) is 5.73 Å². The zero-order chi connectivity index (χ0) is 15.5. The van der Waals surface area contributed by atoms with Gasteiger partial charge >= 0.3 is 0 Å². The molecule has 0 aliphatic heterocycles. The third-order valence-electron chi connectivity index (χ3n) is 3.76. The van der Waals surface area contributed by atoms with Crippen molar-refractivity contribution < 1.29 is 4.79 Å². The molecule has 22 heavy (non-hydrogen) atoms. The number of fused-ring (bicyclic) bond motifs is 1. The summed E-state index contributed by atoms with van der Waals surface area (Å²) in [5.41, 5.74) is 8.88. The van der Waals surface area contributed by atoms with Crippen LogP contribution in [-0.4, -0.2) is 29.2 Å². The third kappa shape index (κ3) is 2.84. The topological polar surface area (TPSA) is 75.0 Å². The van der Waals surface area contributed by atoms with Crippen molar-refractivity contribution >= 4 is 22.5 Å². The number of hydrogen-bond acceptors (Lipinski definition) is 3. The van der Waals surface area contributed by atoms with Crippen LogP contribution < -0.4 is 10.6 Å². The predicted octanol–water partition coefficient (Wildman–Crippen LogP) is 2.10. The fourth-order valence-electron chi connectivity index (χ4n) is 2.47. The number of rotatable bonds is 4. The molecule has 0 fully saturated rings. The van der Waals surface area contributed by atoms with Gasteiger partial charge in [0.2, 0.25) is 5.91 Å². The van der Waals surface area contributed by atoms with Crippen LogP contribution in [0.1, 0.15) is 5.56 Å². The molecule has 3 rings (SSSR count). The second-order valence-corrected chi connectivity index (χ2v) is 5.34. The summed E-state index contributed by atoms with van der Waals surface area (Å²) in [5.74, 6) is -0.105. The highest BCUT2D eigenvalue weighted by Crippen LogP contribution is 2.20. The fraction of sp³-hybridized carbons (Fsp3) is 0.176. The van der Waals surface area contributed by atoms with Gasteiger partial charge in [0, 0.05) is 18.1 Å². The fourth-order valence-corrected chi connectivity index (χ4v) is 2.47. The minimum absolute atomic E-state index is 0.105. The molecule has 1 unspecified atom stereocenters. The normalized spacial score (nSPS) is 12.3. The number of benzene rings is 2. The van der Waals surface area contributed by atoms with Gasteiger partial charge in [0.1, 0.15) is 0 Å². The van der Waals surface area contributed by atoms with E-state index >= 15 is 0 Å². The van der Waals surface area contributed by atoms with E-state index in [-0.39, 0.29) is 5.91 Å². The zero-order valence-electron chi connectivity index (χ0n) is 12.4. The first-order chi connectivity index (χ1) is 10.6. The van der Waals surface area contributed by atoms with Gasteiger partial charge in [-0.3, -0.25) is 9.89 Å². The Balaban J connectivity index is 1.75. The minimum atomic E-state index is -0.563. The molecule has 0 aliphatic rings. The molecule has 1 heterocycles. The number of hydrogen-bond donors (Lipinski definition) is 2. The van der Waals surface area contributed by atoms with Crippen LogP contribution >= 0.6 is 0 Å². The van der Waals surface area contributed by atoms with Gasteiger partial charge in [-0.05, 0) is 30.2 Å². The number of anilines is 1. The molecule has 3 aromatic rings. The summed E-state index contributed by atoms with van der Waals surface area (Å²) in [6, 6.07) is 14.9. The van der Waals surface area contributed by atoms with Crippen LogP contribution in [0, 0.1) is 0 Å². The molecular weight excluding hydrogens is 276 g/mol. The molecule has 1 aromatic heterocycles. The van der Waals surface area contributed by atoms with Gasteiger partial charge in [0.15, 0.2) is 0 Å². The molecule has 3 N–H and O–H groups in total. The van der Waals surface area contributed by atoms with Crippen LogP contribution in [0.3, 0.4) is 0 Å². The Hall–Kier alpha value is -2.66. The number of H-pyrrole nitrogens is 1. The number of amides is 1. The standard InChI is InChI=1S/C17H18N4O/c1-21(14-7-8-16-13(10-14)11-19-20-16)17(22)15(18)9-12-5-3-2-4-6-12/h2-8,10-11,15H,9,18H2,1H3,(H,19,20). The number of nitrogens with zero attached hydrogens (tertiary/aromatic N) is 2. The highest BCUT2D eigenvalue weighted by atomic mass is 16.2. The Morgan fingerprint density at radius 1 is 1.27 bits per heavy atom. The van der Waals surface area contributed by atoms with Gasteiger partial charge in [-0.15, -0.1) is 0 Å². The van der Waals surface area contributed by atoms with Gasteiger partial charge in [-0.1, -0.05) is 30.3 Å². The summed E-state index contributed by atoms with van der Waals surface area (Å²) in [6.45, 7) is 0. The molecule has 0 aliphatic carbocycles. The number of aromatic nitrogens is 2. The van der Waals surface area contributed by atoms with E-state index < -0.39 is 6.04 Å². The molecule has 0 radical (unpaired) electrons. The highest BCUT2D eigenvalue weighted by Gasteiger charge is 2.19. The molecule has 5 nitrogen and oxygen atoms in total. The molecule has 0 saturated heterocycles. The number of aromatic amines is 1. The Labute approximate surface area is 128 Å². The summed E-state index contributed by atoms with van der Waals surface area (Å²) >= 11 is 0. The molecular formula is C17H18N4O. The highest BCUT2D eigenvalue weighted by molar-refractivity contribution is 5.98. The predicted molar refractivity (Wildman–Crippen MR) is 87.6 cm³/mol. The van der Waals surface area contributed by atoms with Crippen LogP contribution in [0.25, 0.3) is 10.9 Å². The van der Waals surface area contributed by atoms with Crippen LogP contribution in [0.4, 0.5) is 5.69 Å².